The molecular formula is C13H19FN2. The summed E-state index contributed by atoms with van der Waals surface area (Å²) in [5.41, 5.74) is 1.94. The molecule has 1 heterocycles. The molecule has 0 amide bonds. The maximum atomic E-state index is 13.6. The van der Waals surface area contributed by atoms with Gasteiger partial charge in [0, 0.05) is 31.2 Å². The Bertz CT molecular complexity index is 365. The van der Waals surface area contributed by atoms with Crippen molar-refractivity contribution in [2.24, 2.45) is 0 Å². The molecule has 1 aliphatic heterocycles. The average Bonchev–Trinajstić information content (AvgIpc) is 2.71. The molecule has 1 unspecified atom stereocenters. The molecule has 1 aliphatic rings. The Morgan fingerprint density at radius 1 is 1.50 bits per heavy atom. The van der Waals surface area contributed by atoms with Crippen LogP contribution in [0.5, 0.6) is 0 Å². The normalized spacial score (nSPS) is 21.6. The van der Waals surface area contributed by atoms with E-state index in [4.69, 9.17) is 0 Å². The highest BCUT2D eigenvalue weighted by Crippen LogP contribution is 2.16. The van der Waals surface area contributed by atoms with E-state index in [2.05, 4.69) is 10.2 Å². The quantitative estimate of drug-likeness (QED) is 0.840. The van der Waals surface area contributed by atoms with Gasteiger partial charge in [0.1, 0.15) is 5.82 Å². The van der Waals surface area contributed by atoms with E-state index < -0.39 is 0 Å². The van der Waals surface area contributed by atoms with Crippen molar-refractivity contribution in [3.63, 3.8) is 0 Å². The van der Waals surface area contributed by atoms with E-state index in [0.29, 0.717) is 6.04 Å². The van der Waals surface area contributed by atoms with Crippen LogP contribution in [0.2, 0.25) is 0 Å². The Morgan fingerprint density at radius 3 is 3.00 bits per heavy atom. The van der Waals surface area contributed by atoms with Gasteiger partial charge in [-0.1, -0.05) is 17.7 Å². The Balaban J connectivity index is 2.01. The van der Waals surface area contributed by atoms with Crippen LogP contribution in [0.25, 0.3) is 0 Å². The van der Waals surface area contributed by atoms with E-state index in [0.717, 1.165) is 37.2 Å². The zero-order valence-electron chi connectivity index (χ0n) is 9.96. The van der Waals surface area contributed by atoms with Gasteiger partial charge in [0.15, 0.2) is 0 Å². The third-order valence-corrected chi connectivity index (χ3v) is 3.28. The molecular weight excluding hydrogens is 203 g/mol. The van der Waals surface area contributed by atoms with Crippen LogP contribution in [0.1, 0.15) is 17.5 Å². The Labute approximate surface area is 96.5 Å². The summed E-state index contributed by atoms with van der Waals surface area (Å²) in [4.78, 5) is 2.30. The summed E-state index contributed by atoms with van der Waals surface area (Å²) in [5, 5.41) is 3.27. The molecule has 1 saturated heterocycles. The zero-order chi connectivity index (χ0) is 11.5. The number of rotatable bonds is 3. The van der Waals surface area contributed by atoms with E-state index in [1.54, 1.807) is 6.07 Å². The smallest absolute Gasteiger partial charge is 0.127 e. The van der Waals surface area contributed by atoms with Crippen molar-refractivity contribution in [1.29, 1.82) is 0 Å². The number of aryl methyl sites for hydroxylation is 1. The molecule has 0 aromatic heterocycles. The topological polar surface area (TPSA) is 15.3 Å². The third kappa shape index (κ3) is 2.60. The second kappa shape index (κ2) is 4.93. The molecule has 1 fully saturated rings. The lowest BCUT2D eigenvalue weighted by molar-refractivity contribution is 0.317. The van der Waals surface area contributed by atoms with E-state index in [9.17, 15) is 4.39 Å². The van der Waals surface area contributed by atoms with Gasteiger partial charge in [-0.25, -0.2) is 4.39 Å². The van der Waals surface area contributed by atoms with Crippen LogP contribution in [0.4, 0.5) is 4.39 Å². The minimum absolute atomic E-state index is 0.0847. The second-order valence-corrected chi connectivity index (χ2v) is 4.60. The van der Waals surface area contributed by atoms with Crippen molar-refractivity contribution in [2.75, 3.05) is 20.1 Å². The summed E-state index contributed by atoms with van der Waals surface area (Å²) >= 11 is 0. The fourth-order valence-corrected chi connectivity index (χ4v) is 2.28. The van der Waals surface area contributed by atoms with Gasteiger partial charge in [0.2, 0.25) is 0 Å². The fraction of sp³-hybridized carbons (Fsp3) is 0.538. The summed E-state index contributed by atoms with van der Waals surface area (Å²) in [6.45, 7) is 4.80. The van der Waals surface area contributed by atoms with Crippen LogP contribution >= 0.6 is 0 Å². The largest absolute Gasteiger partial charge is 0.316 e. The highest BCUT2D eigenvalue weighted by Gasteiger charge is 2.21. The first-order valence-electron chi connectivity index (χ1n) is 5.83. The Kier molecular flexibility index (Phi) is 3.56. The maximum absolute atomic E-state index is 13.6. The molecule has 1 N–H and O–H groups in total. The summed E-state index contributed by atoms with van der Waals surface area (Å²) in [6, 6.07) is 5.89. The SMILES string of the molecule is CNC1CCN(Cc2cc(C)ccc2F)C1. The van der Waals surface area contributed by atoms with Gasteiger partial charge in [0.05, 0.1) is 0 Å². The van der Waals surface area contributed by atoms with Crippen molar-refractivity contribution in [3.05, 3.63) is 35.1 Å². The number of hydrogen-bond acceptors (Lipinski definition) is 2. The van der Waals surface area contributed by atoms with Crippen LogP contribution in [0, 0.1) is 12.7 Å². The molecule has 1 aromatic carbocycles. The molecule has 0 bridgehead atoms. The second-order valence-electron chi connectivity index (χ2n) is 4.60. The number of hydrogen-bond donors (Lipinski definition) is 1. The van der Waals surface area contributed by atoms with Gasteiger partial charge in [0.25, 0.3) is 0 Å². The van der Waals surface area contributed by atoms with Gasteiger partial charge in [-0.05, 0) is 26.5 Å². The van der Waals surface area contributed by atoms with Gasteiger partial charge in [-0.2, -0.15) is 0 Å². The summed E-state index contributed by atoms with van der Waals surface area (Å²) in [5.74, 6) is -0.0847. The monoisotopic (exact) mass is 222 g/mol. The maximum Gasteiger partial charge on any atom is 0.127 e. The standard InChI is InChI=1S/C13H19FN2/c1-10-3-4-13(14)11(7-10)8-16-6-5-12(9-16)15-2/h3-4,7,12,15H,5-6,8-9H2,1-2H3. The number of likely N-dealkylation sites (N-methyl/N-ethyl adjacent to an activating group) is 1. The lowest BCUT2D eigenvalue weighted by Gasteiger charge is -2.16. The number of benzene rings is 1. The van der Waals surface area contributed by atoms with E-state index in [-0.39, 0.29) is 5.82 Å². The average molecular weight is 222 g/mol. The molecule has 0 radical (unpaired) electrons. The van der Waals surface area contributed by atoms with Crippen molar-refractivity contribution in [3.8, 4) is 0 Å². The molecule has 0 spiro atoms. The molecule has 1 atom stereocenters. The van der Waals surface area contributed by atoms with Crippen molar-refractivity contribution in [2.45, 2.75) is 25.9 Å². The van der Waals surface area contributed by atoms with Crippen LogP contribution in [-0.2, 0) is 6.54 Å². The van der Waals surface area contributed by atoms with E-state index in [1.807, 2.05) is 26.1 Å². The molecule has 0 aliphatic carbocycles. The van der Waals surface area contributed by atoms with Crippen LogP contribution in [-0.4, -0.2) is 31.1 Å². The molecule has 1 aromatic rings. The lowest BCUT2D eigenvalue weighted by atomic mass is 10.1. The first kappa shape index (κ1) is 11.6. The van der Waals surface area contributed by atoms with Gasteiger partial charge in [-0.3, -0.25) is 4.90 Å². The summed E-state index contributed by atoms with van der Waals surface area (Å²) in [7, 11) is 1.99. The molecule has 16 heavy (non-hydrogen) atoms. The predicted molar refractivity (Wildman–Crippen MR) is 63.9 cm³/mol. The number of halogens is 1. The molecule has 2 rings (SSSR count). The molecule has 0 saturated carbocycles. The zero-order valence-corrected chi connectivity index (χ0v) is 9.96. The van der Waals surface area contributed by atoms with Crippen molar-refractivity contribution >= 4 is 0 Å². The van der Waals surface area contributed by atoms with Crippen LogP contribution < -0.4 is 5.32 Å². The first-order valence-corrected chi connectivity index (χ1v) is 5.83. The number of nitrogens with zero attached hydrogens (tertiary/aromatic N) is 1. The minimum Gasteiger partial charge on any atom is -0.316 e. The number of likely N-dealkylation sites (tertiary alicyclic amines) is 1. The van der Waals surface area contributed by atoms with Gasteiger partial charge >= 0.3 is 0 Å². The third-order valence-electron chi connectivity index (χ3n) is 3.28. The fourth-order valence-electron chi connectivity index (χ4n) is 2.28. The molecule has 3 heteroatoms. The van der Waals surface area contributed by atoms with Crippen LogP contribution in [0.3, 0.4) is 0 Å². The highest BCUT2D eigenvalue weighted by molar-refractivity contribution is 5.24. The Hall–Kier alpha value is -0.930. The van der Waals surface area contributed by atoms with Gasteiger partial charge in [-0.15, -0.1) is 0 Å². The van der Waals surface area contributed by atoms with Crippen LogP contribution in [0.15, 0.2) is 18.2 Å². The highest BCUT2D eigenvalue weighted by atomic mass is 19.1. The number of nitrogens with one attached hydrogen (secondary N) is 1. The molecule has 88 valence electrons. The first-order chi connectivity index (χ1) is 7.69. The summed E-state index contributed by atoms with van der Waals surface area (Å²) in [6.07, 6.45) is 1.16. The summed E-state index contributed by atoms with van der Waals surface area (Å²) < 4.78 is 13.6. The molecule has 2 nitrogen and oxygen atoms in total. The Morgan fingerprint density at radius 2 is 2.31 bits per heavy atom. The predicted octanol–water partition coefficient (Wildman–Crippen LogP) is 1.93. The minimum atomic E-state index is -0.0847. The van der Waals surface area contributed by atoms with E-state index in [1.165, 1.54) is 0 Å². The van der Waals surface area contributed by atoms with Crippen molar-refractivity contribution in [1.82, 2.24) is 10.2 Å². The van der Waals surface area contributed by atoms with E-state index >= 15 is 0 Å². The van der Waals surface area contributed by atoms with Gasteiger partial charge < -0.3 is 5.32 Å². The lowest BCUT2D eigenvalue weighted by Crippen LogP contribution is -2.29. The van der Waals surface area contributed by atoms with Crippen molar-refractivity contribution < 1.29 is 4.39 Å².